The number of aromatic nitrogens is 2. The molecule has 1 saturated heterocycles. The molecule has 3 rings (SSSR count). The first-order valence-corrected chi connectivity index (χ1v) is 6.09. The number of hydrogen-bond acceptors (Lipinski definition) is 3. The Balaban J connectivity index is 1.92. The highest BCUT2D eigenvalue weighted by atomic mass is 16.3. The van der Waals surface area contributed by atoms with Crippen LogP contribution >= 0.6 is 0 Å². The monoisotopic (exact) mass is 231 g/mol. The van der Waals surface area contributed by atoms with E-state index in [4.69, 9.17) is 0 Å². The molecule has 0 aromatic carbocycles. The van der Waals surface area contributed by atoms with Crippen LogP contribution < -0.4 is 0 Å². The summed E-state index contributed by atoms with van der Waals surface area (Å²) in [5.74, 6) is 1.33. The maximum atomic E-state index is 9.53. The molecule has 0 radical (unpaired) electrons. The Hall–Kier alpha value is -1.55. The second kappa shape index (κ2) is 4.04. The molecule has 2 aromatic rings. The normalized spacial score (nSPS) is 21.4. The van der Waals surface area contributed by atoms with Crippen LogP contribution in [-0.2, 0) is 6.42 Å². The van der Waals surface area contributed by atoms with Crippen molar-refractivity contribution in [2.75, 3.05) is 13.6 Å². The minimum atomic E-state index is 0.288. The van der Waals surface area contributed by atoms with Crippen molar-refractivity contribution in [3.8, 4) is 5.75 Å². The highest BCUT2D eigenvalue weighted by molar-refractivity contribution is 5.48. The third-order valence-corrected chi connectivity index (χ3v) is 3.68. The van der Waals surface area contributed by atoms with E-state index >= 15 is 0 Å². The van der Waals surface area contributed by atoms with Crippen LogP contribution in [0.3, 0.4) is 0 Å². The van der Waals surface area contributed by atoms with E-state index in [1.165, 1.54) is 19.4 Å². The lowest BCUT2D eigenvalue weighted by Gasteiger charge is -2.18. The maximum Gasteiger partial charge on any atom is 0.132 e. The SMILES string of the molecule is CN1CCCC1Cc1ncc2ccc(O)cn12. The molecule has 1 atom stereocenters. The Kier molecular flexibility index (Phi) is 2.52. The fourth-order valence-electron chi connectivity index (χ4n) is 2.63. The Bertz CT molecular complexity index is 534. The largest absolute Gasteiger partial charge is 0.506 e. The molecule has 2 aromatic heterocycles. The lowest BCUT2D eigenvalue weighted by molar-refractivity contribution is 0.305. The third-order valence-electron chi connectivity index (χ3n) is 3.68. The van der Waals surface area contributed by atoms with Crippen LogP contribution in [0.2, 0.25) is 0 Å². The van der Waals surface area contributed by atoms with Crippen molar-refractivity contribution in [3.63, 3.8) is 0 Å². The van der Waals surface area contributed by atoms with Gasteiger partial charge in [0.1, 0.15) is 11.6 Å². The van der Waals surface area contributed by atoms with Gasteiger partial charge >= 0.3 is 0 Å². The zero-order chi connectivity index (χ0) is 11.8. The molecule has 3 heterocycles. The fourth-order valence-corrected chi connectivity index (χ4v) is 2.63. The number of pyridine rings is 1. The number of fused-ring (bicyclic) bond motifs is 1. The predicted octanol–water partition coefficient (Wildman–Crippen LogP) is 1.68. The number of likely N-dealkylation sites (tertiary alicyclic amines) is 1. The summed E-state index contributed by atoms with van der Waals surface area (Å²) in [7, 11) is 2.17. The summed E-state index contributed by atoms with van der Waals surface area (Å²) >= 11 is 0. The molecular formula is C13H17N3O. The number of likely N-dealkylation sites (N-methyl/N-ethyl adjacent to an activating group) is 1. The fraction of sp³-hybridized carbons (Fsp3) is 0.462. The Morgan fingerprint density at radius 1 is 1.47 bits per heavy atom. The van der Waals surface area contributed by atoms with Crippen LogP contribution in [0, 0.1) is 0 Å². The first-order valence-electron chi connectivity index (χ1n) is 6.09. The van der Waals surface area contributed by atoms with E-state index in [2.05, 4.69) is 16.9 Å². The van der Waals surface area contributed by atoms with Gasteiger partial charge in [0, 0.05) is 12.5 Å². The minimum absolute atomic E-state index is 0.288. The summed E-state index contributed by atoms with van der Waals surface area (Å²) in [5.41, 5.74) is 1.04. The van der Waals surface area contributed by atoms with Crippen LogP contribution in [0.25, 0.3) is 5.52 Å². The van der Waals surface area contributed by atoms with Crippen molar-refractivity contribution in [1.29, 1.82) is 0 Å². The Morgan fingerprint density at radius 2 is 2.35 bits per heavy atom. The van der Waals surface area contributed by atoms with Gasteiger partial charge in [-0.2, -0.15) is 0 Å². The van der Waals surface area contributed by atoms with E-state index in [1.54, 1.807) is 12.3 Å². The molecule has 90 valence electrons. The molecule has 0 aliphatic carbocycles. The summed E-state index contributed by atoms with van der Waals surface area (Å²) in [4.78, 5) is 6.85. The van der Waals surface area contributed by atoms with E-state index in [1.807, 2.05) is 16.7 Å². The summed E-state index contributed by atoms with van der Waals surface area (Å²) in [6, 6.07) is 4.18. The quantitative estimate of drug-likeness (QED) is 0.855. The Labute approximate surface area is 101 Å². The van der Waals surface area contributed by atoms with Crippen LogP contribution in [-0.4, -0.2) is 39.0 Å². The summed E-state index contributed by atoms with van der Waals surface area (Å²) in [6.45, 7) is 1.18. The number of imidazole rings is 1. The van der Waals surface area contributed by atoms with Gasteiger partial charge < -0.3 is 10.0 Å². The second-order valence-electron chi connectivity index (χ2n) is 4.84. The zero-order valence-corrected chi connectivity index (χ0v) is 10.0. The van der Waals surface area contributed by atoms with E-state index in [-0.39, 0.29) is 5.75 Å². The number of aromatic hydroxyl groups is 1. The van der Waals surface area contributed by atoms with Gasteiger partial charge in [-0.15, -0.1) is 0 Å². The third kappa shape index (κ3) is 1.89. The van der Waals surface area contributed by atoms with Crippen molar-refractivity contribution in [1.82, 2.24) is 14.3 Å². The lowest BCUT2D eigenvalue weighted by Crippen LogP contribution is -2.27. The molecule has 1 unspecified atom stereocenters. The van der Waals surface area contributed by atoms with Gasteiger partial charge in [-0.1, -0.05) is 0 Å². The molecule has 0 amide bonds. The lowest BCUT2D eigenvalue weighted by atomic mass is 10.1. The van der Waals surface area contributed by atoms with E-state index < -0.39 is 0 Å². The molecule has 0 saturated carbocycles. The predicted molar refractivity (Wildman–Crippen MR) is 66.2 cm³/mol. The van der Waals surface area contributed by atoms with E-state index in [0.29, 0.717) is 6.04 Å². The summed E-state index contributed by atoms with van der Waals surface area (Å²) in [5, 5.41) is 9.53. The maximum absolute atomic E-state index is 9.53. The first kappa shape index (κ1) is 10.6. The average Bonchev–Trinajstić information content (AvgIpc) is 2.88. The molecule has 0 spiro atoms. The minimum Gasteiger partial charge on any atom is -0.506 e. The smallest absolute Gasteiger partial charge is 0.132 e. The number of rotatable bonds is 2. The van der Waals surface area contributed by atoms with Crippen molar-refractivity contribution in [2.45, 2.75) is 25.3 Å². The van der Waals surface area contributed by atoms with E-state index in [9.17, 15) is 5.11 Å². The molecule has 1 aliphatic rings. The highest BCUT2D eigenvalue weighted by Gasteiger charge is 2.22. The zero-order valence-electron chi connectivity index (χ0n) is 10.0. The molecule has 4 heteroatoms. The van der Waals surface area contributed by atoms with Gasteiger partial charge in [0.05, 0.1) is 17.9 Å². The number of nitrogens with zero attached hydrogens (tertiary/aromatic N) is 3. The van der Waals surface area contributed by atoms with Gasteiger partial charge in [0.2, 0.25) is 0 Å². The second-order valence-corrected chi connectivity index (χ2v) is 4.84. The highest BCUT2D eigenvalue weighted by Crippen LogP contribution is 2.20. The molecular weight excluding hydrogens is 214 g/mol. The van der Waals surface area contributed by atoms with Gasteiger partial charge in [-0.25, -0.2) is 4.98 Å². The average molecular weight is 231 g/mol. The van der Waals surface area contributed by atoms with Crippen LogP contribution in [0.5, 0.6) is 5.75 Å². The topological polar surface area (TPSA) is 40.8 Å². The summed E-state index contributed by atoms with van der Waals surface area (Å²) < 4.78 is 1.99. The molecule has 1 fully saturated rings. The van der Waals surface area contributed by atoms with Crippen LogP contribution in [0.4, 0.5) is 0 Å². The van der Waals surface area contributed by atoms with Crippen molar-refractivity contribution < 1.29 is 5.11 Å². The molecule has 17 heavy (non-hydrogen) atoms. The standard InChI is InChI=1S/C13H17N3O/c1-15-6-2-3-10(15)7-13-14-8-11-4-5-12(17)9-16(11)13/h4-5,8-10,17H,2-3,6-7H2,1H3. The molecule has 0 bridgehead atoms. The summed E-state index contributed by atoms with van der Waals surface area (Å²) in [6.07, 6.45) is 7.07. The number of hydrogen-bond donors (Lipinski definition) is 1. The first-order chi connectivity index (χ1) is 8.24. The molecule has 1 N–H and O–H groups in total. The van der Waals surface area contributed by atoms with Gasteiger partial charge in [-0.3, -0.25) is 4.40 Å². The van der Waals surface area contributed by atoms with Crippen LogP contribution in [0.1, 0.15) is 18.7 Å². The van der Waals surface area contributed by atoms with E-state index in [0.717, 1.165) is 17.8 Å². The molecule has 4 nitrogen and oxygen atoms in total. The van der Waals surface area contributed by atoms with Crippen LogP contribution in [0.15, 0.2) is 24.5 Å². The van der Waals surface area contributed by atoms with Gasteiger partial charge in [0.15, 0.2) is 0 Å². The molecule has 1 aliphatic heterocycles. The van der Waals surface area contributed by atoms with Gasteiger partial charge in [0.25, 0.3) is 0 Å². The van der Waals surface area contributed by atoms with Gasteiger partial charge in [-0.05, 0) is 38.6 Å². The van der Waals surface area contributed by atoms with Crippen molar-refractivity contribution in [3.05, 3.63) is 30.4 Å². The van der Waals surface area contributed by atoms with Crippen molar-refractivity contribution in [2.24, 2.45) is 0 Å². The van der Waals surface area contributed by atoms with Crippen molar-refractivity contribution >= 4 is 5.52 Å². The Morgan fingerprint density at radius 3 is 3.12 bits per heavy atom.